The van der Waals surface area contributed by atoms with Crippen LogP contribution in [0.25, 0.3) is 0 Å². The molecule has 5 heteroatoms. The predicted octanol–water partition coefficient (Wildman–Crippen LogP) is 2.61. The van der Waals surface area contributed by atoms with Gasteiger partial charge in [-0.15, -0.1) is 0 Å². The number of carboxylic acid groups (broad SMARTS) is 1. The van der Waals surface area contributed by atoms with Crippen molar-refractivity contribution < 1.29 is 15.0 Å². The lowest BCUT2D eigenvalue weighted by Crippen LogP contribution is -2.07. The molecule has 0 fully saturated rings. The van der Waals surface area contributed by atoms with Crippen molar-refractivity contribution >= 4 is 23.3 Å². The van der Waals surface area contributed by atoms with E-state index < -0.39 is 5.97 Å². The second kappa shape index (κ2) is 6.47. The average Bonchev–Trinajstić information content (AvgIpc) is 2.23. The van der Waals surface area contributed by atoms with Gasteiger partial charge in [0.25, 0.3) is 0 Å². The first-order chi connectivity index (χ1) is 8.00. The van der Waals surface area contributed by atoms with Gasteiger partial charge in [0.1, 0.15) is 0 Å². The second-order valence-corrected chi connectivity index (χ2v) is 4.33. The number of carbonyl (C=O) groups is 1. The largest absolute Gasteiger partial charge is 0.478 e. The van der Waals surface area contributed by atoms with Gasteiger partial charge in [-0.25, -0.2) is 4.79 Å². The summed E-state index contributed by atoms with van der Waals surface area (Å²) in [6, 6.07) is 4.74. The fourth-order valence-corrected chi connectivity index (χ4v) is 1.69. The zero-order chi connectivity index (χ0) is 12.8. The highest BCUT2D eigenvalue weighted by atomic mass is 35.5. The Kier molecular flexibility index (Phi) is 5.25. The molecule has 0 aliphatic rings. The Labute approximate surface area is 105 Å². The summed E-state index contributed by atoms with van der Waals surface area (Å²) in [4.78, 5) is 10.7. The molecule has 0 bridgehead atoms. The van der Waals surface area contributed by atoms with Crippen molar-refractivity contribution in [3.63, 3.8) is 0 Å². The lowest BCUT2D eigenvalue weighted by Gasteiger charge is -2.08. The molecule has 4 nitrogen and oxygen atoms in total. The summed E-state index contributed by atoms with van der Waals surface area (Å²) in [5, 5.41) is 21.2. The molecule has 0 heterocycles. The summed E-state index contributed by atoms with van der Waals surface area (Å²) in [6.45, 7) is 2.46. The van der Waals surface area contributed by atoms with Crippen LogP contribution in [0.15, 0.2) is 18.2 Å². The van der Waals surface area contributed by atoms with Gasteiger partial charge >= 0.3 is 5.97 Å². The fourth-order valence-electron chi connectivity index (χ4n) is 1.43. The third-order valence-corrected chi connectivity index (χ3v) is 2.64. The molecule has 0 radical (unpaired) electrons. The molecule has 0 amide bonds. The predicted molar refractivity (Wildman–Crippen MR) is 67.8 cm³/mol. The number of aliphatic hydroxyl groups excluding tert-OH is 1. The first-order valence-electron chi connectivity index (χ1n) is 5.45. The quantitative estimate of drug-likeness (QED) is 0.685. The van der Waals surface area contributed by atoms with Crippen molar-refractivity contribution in [3.05, 3.63) is 28.8 Å². The molecule has 17 heavy (non-hydrogen) atoms. The molecule has 0 aliphatic heterocycles. The van der Waals surface area contributed by atoms with Gasteiger partial charge in [0.2, 0.25) is 0 Å². The van der Waals surface area contributed by atoms with Gasteiger partial charge in [-0.3, -0.25) is 0 Å². The second-order valence-electron chi connectivity index (χ2n) is 3.92. The molecule has 0 saturated carbocycles. The highest BCUT2D eigenvalue weighted by Crippen LogP contribution is 2.21. The maximum Gasteiger partial charge on any atom is 0.337 e. The Morgan fingerprint density at radius 1 is 1.53 bits per heavy atom. The standard InChI is InChI=1S/C12H16ClNO3/c1-8(15)3-2-6-14-9-4-5-10(12(16)17)11(13)7-9/h4-5,7-8,14-15H,2-3,6H2,1H3,(H,16,17). The summed E-state index contributed by atoms with van der Waals surface area (Å²) in [5.41, 5.74) is 0.881. The molecular weight excluding hydrogens is 242 g/mol. The van der Waals surface area contributed by atoms with Crippen LogP contribution in [-0.2, 0) is 0 Å². The summed E-state index contributed by atoms with van der Waals surface area (Å²) < 4.78 is 0. The lowest BCUT2D eigenvalue weighted by molar-refractivity contribution is 0.0697. The van der Waals surface area contributed by atoms with Crippen molar-refractivity contribution in [2.75, 3.05) is 11.9 Å². The number of hydrogen-bond donors (Lipinski definition) is 3. The number of aromatic carboxylic acids is 1. The summed E-state index contributed by atoms with van der Waals surface area (Å²) in [6.07, 6.45) is 1.28. The van der Waals surface area contributed by atoms with Crippen LogP contribution in [0.2, 0.25) is 5.02 Å². The van der Waals surface area contributed by atoms with Crippen LogP contribution in [-0.4, -0.2) is 28.8 Å². The van der Waals surface area contributed by atoms with Crippen LogP contribution < -0.4 is 5.32 Å². The zero-order valence-electron chi connectivity index (χ0n) is 9.61. The molecule has 94 valence electrons. The van der Waals surface area contributed by atoms with Gasteiger partial charge < -0.3 is 15.5 Å². The van der Waals surface area contributed by atoms with Crippen LogP contribution >= 0.6 is 11.6 Å². The Morgan fingerprint density at radius 3 is 2.76 bits per heavy atom. The number of anilines is 1. The minimum absolute atomic E-state index is 0.0983. The smallest absolute Gasteiger partial charge is 0.337 e. The summed E-state index contributed by atoms with van der Waals surface area (Å²) in [5.74, 6) is -1.03. The van der Waals surface area contributed by atoms with E-state index in [1.807, 2.05) is 0 Å². The number of nitrogens with one attached hydrogen (secondary N) is 1. The van der Waals surface area contributed by atoms with E-state index >= 15 is 0 Å². The topological polar surface area (TPSA) is 69.6 Å². The van der Waals surface area contributed by atoms with Gasteiger partial charge in [-0.1, -0.05) is 11.6 Å². The molecule has 1 atom stereocenters. The zero-order valence-corrected chi connectivity index (χ0v) is 10.4. The van der Waals surface area contributed by atoms with Crippen molar-refractivity contribution in [3.8, 4) is 0 Å². The minimum atomic E-state index is -1.03. The maximum atomic E-state index is 10.7. The Bertz CT molecular complexity index is 393. The number of hydrogen-bond acceptors (Lipinski definition) is 3. The monoisotopic (exact) mass is 257 g/mol. The third kappa shape index (κ3) is 4.63. The van der Waals surface area contributed by atoms with Crippen LogP contribution in [0, 0.1) is 0 Å². The van der Waals surface area contributed by atoms with Crippen LogP contribution in [0.3, 0.4) is 0 Å². The van der Waals surface area contributed by atoms with Crippen LogP contribution in [0.4, 0.5) is 5.69 Å². The fraction of sp³-hybridized carbons (Fsp3) is 0.417. The van der Waals surface area contributed by atoms with E-state index in [4.69, 9.17) is 21.8 Å². The molecule has 1 unspecified atom stereocenters. The number of carboxylic acids is 1. The van der Waals surface area contributed by atoms with Gasteiger partial charge in [-0.2, -0.15) is 0 Å². The number of aliphatic hydroxyl groups is 1. The van der Waals surface area contributed by atoms with Gasteiger partial charge in [0.15, 0.2) is 0 Å². The molecule has 0 aliphatic carbocycles. The molecule has 3 N–H and O–H groups in total. The Morgan fingerprint density at radius 2 is 2.24 bits per heavy atom. The lowest BCUT2D eigenvalue weighted by atomic mass is 10.2. The van der Waals surface area contributed by atoms with Crippen molar-refractivity contribution in [1.29, 1.82) is 0 Å². The van der Waals surface area contributed by atoms with E-state index in [-0.39, 0.29) is 16.7 Å². The van der Waals surface area contributed by atoms with E-state index in [1.54, 1.807) is 19.1 Å². The van der Waals surface area contributed by atoms with Crippen molar-refractivity contribution in [1.82, 2.24) is 0 Å². The third-order valence-electron chi connectivity index (χ3n) is 2.33. The van der Waals surface area contributed by atoms with E-state index in [9.17, 15) is 4.79 Å². The molecule has 0 aromatic heterocycles. The summed E-state index contributed by atoms with van der Waals surface area (Å²) in [7, 11) is 0. The van der Waals surface area contributed by atoms with E-state index in [0.717, 1.165) is 18.5 Å². The molecule has 0 saturated heterocycles. The van der Waals surface area contributed by atoms with Gasteiger partial charge in [0.05, 0.1) is 16.7 Å². The molecule has 1 aromatic rings. The minimum Gasteiger partial charge on any atom is -0.478 e. The summed E-state index contributed by atoms with van der Waals surface area (Å²) >= 11 is 5.83. The average molecular weight is 258 g/mol. The van der Waals surface area contributed by atoms with Gasteiger partial charge in [-0.05, 0) is 38.0 Å². The number of benzene rings is 1. The number of rotatable bonds is 6. The molecule has 0 spiro atoms. The van der Waals surface area contributed by atoms with Crippen molar-refractivity contribution in [2.24, 2.45) is 0 Å². The van der Waals surface area contributed by atoms with Gasteiger partial charge in [0, 0.05) is 12.2 Å². The van der Waals surface area contributed by atoms with Crippen molar-refractivity contribution in [2.45, 2.75) is 25.9 Å². The van der Waals surface area contributed by atoms with E-state index in [2.05, 4.69) is 5.32 Å². The highest BCUT2D eigenvalue weighted by molar-refractivity contribution is 6.33. The Balaban J connectivity index is 2.50. The first-order valence-corrected chi connectivity index (χ1v) is 5.83. The normalized spacial score (nSPS) is 12.2. The van der Waals surface area contributed by atoms with Crippen LogP contribution in [0.5, 0.6) is 0 Å². The molecular formula is C12H16ClNO3. The highest BCUT2D eigenvalue weighted by Gasteiger charge is 2.08. The molecule has 1 aromatic carbocycles. The first kappa shape index (κ1) is 13.8. The Hall–Kier alpha value is -1.26. The number of halogens is 1. The molecule has 1 rings (SSSR count). The SMILES string of the molecule is CC(O)CCCNc1ccc(C(=O)O)c(Cl)c1. The van der Waals surface area contributed by atoms with Crippen LogP contribution in [0.1, 0.15) is 30.1 Å². The van der Waals surface area contributed by atoms with E-state index in [1.165, 1.54) is 6.07 Å². The van der Waals surface area contributed by atoms with E-state index in [0.29, 0.717) is 6.54 Å². The maximum absolute atomic E-state index is 10.7.